The minimum absolute atomic E-state index is 0.141. The molecule has 2 heterocycles. The van der Waals surface area contributed by atoms with E-state index in [0.29, 0.717) is 30.6 Å². The minimum Gasteiger partial charge on any atom is -0.489 e. The number of anilines is 1. The van der Waals surface area contributed by atoms with Crippen molar-refractivity contribution in [3.63, 3.8) is 0 Å². The van der Waals surface area contributed by atoms with Gasteiger partial charge in [0.1, 0.15) is 17.7 Å². The van der Waals surface area contributed by atoms with Gasteiger partial charge in [-0.05, 0) is 56.7 Å². The highest BCUT2D eigenvalue weighted by atomic mass is 19.1. The summed E-state index contributed by atoms with van der Waals surface area (Å²) in [4.78, 5) is 10.7. The fourth-order valence-electron chi connectivity index (χ4n) is 3.20. The predicted molar refractivity (Wildman–Crippen MR) is 110 cm³/mol. The molecule has 2 N–H and O–H groups in total. The van der Waals surface area contributed by atoms with E-state index in [1.54, 1.807) is 24.4 Å². The van der Waals surface area contributed by atoms with Gasteiger partial charge in [-0.25, -0.2) is 18.8 Å². The van der Waals surface area contributed by atoms with Crippen LogP contribution in [0.2, 0.25) is 0 Å². The number of guanidine groups is 1. The molecule has 0 radical (unpaired) electrons. The maximum absolute atomic E-state index is 14.0. The van der Waals surface area contributed by atoms with Crippen LogP contribution in [0.3, 0.4) is 0 Å². The number of pyridine rings is 1. The Morgan fingerprint density at radius 2 is 2.10 bits per heavy atom. The van der Waals surface area contributed by atoms with Crippen molar-refractivity contribution in [1.29, 1.82) is 0 Å². The van der Waals surface area contributed by atoms with Crippen molar-refractivity contribution in [3.05, 3.63) is 54.2 Å². The molecule has 0 bridgehead atoms. The molecule has 2 unspecified atom stereocenters. The number of benzene rings is 1. The zero-order chi connectivity index (χ0) is 20.6. The normalized spacial score (nSPS) is 17.9. The number of hydrogen-bond acceptors (Lipinski definition) is 4. The molecule has 1 aromatic carbocycles. The molecule has 0 amide bonds. The van der Waals surface area contributed by atoms with Crippen LogP contribution in [0, 0.1) is 11.6 Å². The summed E-state index contributed by atoms with van der Waals surface area (Å²) >= 11 is 0. The standard InChI is InChI=1S/C21H27F2N5O/c1-3-24-21(26-13-15(2)29-18-8-6-16(22)7-9-18)27-17-10-12-28(14-17)20-19(23)5-4-11-25-20/h4-9,11,15,17H,3,10,12-14H2,1-2H3,(H2,24,26,27). The lowest BCUT2D eigenvalue weighted by molar-refractivity contribution is 0.230. The Balaban J connectivity index is 1.54. The molecule has 0 saturated carbocycles. The number of aromatic nitrogens is 1. The number of rotatable bonds is 7. The molecule has 2 aromatic rings. The molecule has 1 saturated heterocycles. The fourth-order valence-corrected chi connectivity index (χ4v) is 3.20. The number of halogens is 2. The molecule has 29 heavy (non-hydrogen) atoms. The third kappa shape index (κ3) is 6.04. The Morgan fingerprint density at radius 3 is 2.83 bits per heavy atom. The first-order valence-corrected chi connectivity index (χ1v) is 9.87. The van der Waals surface area contributed by atoms with Crippen LogP contribution < -0.4 is 20.3 Å². The SMILES string of the molecule is CCNC(=NCC(C)Oc1ccc(F)cc1)NC1CCN(c2ncccc2F)C1. The monoisotopic (exact) mass is 403 g/mol. The topological polar surface area (TPSA) is 61.8 Å². The van der Waals surface area contributed by atoms with Crippen LogP contribution in [-0.4, -0.2) is 49.3 Å². The van der Waals surface area contributed by atoms with Crippen LogP contribution in [0.1, 0.15) is 20.3 Å². The predicted octanol–water partition coefficient (Wildman–Crippen LogP) is 2.96. The average Bonchev–Trinajstić information content (AvgIpc) is 3.17. The largest absolute Gasteiger partial charge is 0.489 e. The van der Waals surface area contributed by atoms with Crippen molar-refractivity contribution in [3.8, 4) is 5.75 Å². The summed E-state index contributed by atoms with van der Waals surface area (Å²) in [6.07, 6.45) is 2.30. The van der Waals surface area contributed by atoms with E-state index >= 15 is 0 Å². The summed E-state index contributed by atoms with van der Waals surface area (Å²) in [7, 11) is 0. The average molecular weight is 403 g/mol. The number of ether oxygens (including phenoxy) is 1. The van der Waals surface area contributed by atoms with Crippen molar-refractivity contribution in [1.82, 2.24) is 15.6 Å². The van der Waals surface area contributed by atoms with Crippen molar-refractivity contribution in [2.45, 2.75) is 32.4 Å². The Labute approximate surface area is 170 Å². The van der Waals surface area contributed by atoms with Crippen LogP contribution in [-0.2, 0) is 0 Å². The lowest BCUT2D eigenvalue weighted by Crippen LogP contribution is -2.45. The maximum atomic E-state index is 14.0. The van der Waals surface area contributed by atoms with Crippen molar-refractivity contribution in [2.24, 2.45) is 4.99 Å². The summed E-state index contributed by atoms with van der Waals surface area (Å²) in [6.45, 7) is 6.47. The van der Waals surface area contributed by atoms with E-state index in [-0.39, 0.29) is 23.8 Å². The highest BCUT2D eigenvalue weighted by Gasteiger charge is 2.26. The Hall–Kier alpha value is -2.90. The maximum Gasteiger partial charge on any atom is 0.191 e. The second kappa shape index (κ2) is 10.0. The van der Waals surface area contributed by atoms with Gasteiger partial charge in [0.05, 0.1) is 6.54 Å². The van der Waals surface area contributed by atoms with E-state index in [4.69, 9.17) is 4.74 Å². The molecule has 0 spiro atoms. The van der Waals surface area contributed by atoms with Gasteiger partial charge in [-0.3, -0.25) is 0 Å². The van der Waals surface area contributed by atoms with Crippen LogP contribution >= 0.6 is 0 Å². The van der Waals surface area contributed by atoms with Crippen LogP contribution in [0.15, 0.2) is 47.6 Å². The zero-order valence-electron chi connectivity index (χ0n) is 16.7. The van der Waals surface area contributed by atoms with Gasteiger partial charge in [0.25, 0.3) is 0 Å². The molecular weight excluding hydrogens is 376 g/mol. The van der Waals surface area contributed by atoms with E-state index in [1.165, 1.54) is 18.2 Å². The lowest BCUT2D eigenvalue weighted by atomic mass is 10.3. The first kappa shape index (κ1) is 20.8. The summed E-state index contributed by atoms with van der Waals surface area (Å²) in [5.41, 5.74) is 0. The number of aliphatic imine (C=N–C) groups is 1. The molecule has 156 valence electrons. The van der Waals surface area contributed by atoms with Gasteiger partial charge in [0, 0.05) is 31.9 Å². The summed E-state index contributed by atoms with van der Waals surface area (Å²) < 4.78 is 32.7. The molecule has 8 heteroatoms. The van der Waals surface area contributed by atoms with E-state index in [0.717, 1.165) is 19.5 Å². The zero-order valence-corrected chi connectivity index (χ0v) is 16.7. The van der Waals surface area contributed by atoms with Gasteiger partial charge in [-0.2, -0.15) is 0 Å². The van der Waals surface area contributed by atoms with Crippen LogP contribution in [0.5, 0.6) is 5.75 Å². The van der Waals surface area contributed by atoms with Crippen molar-refractivity contribution >= 4 is 11.8 Å². The second-order valence-corrected chi connectivity index (χ2v) is 6.99. The molecule has 1 aromatic heterocycles. The summed E-state index contributed by atoms with van der Waals surface area (Å²) in [5.74, 6) is 1.09. The summed E-state index contributed by atoms with van der Waals surface area (Å²) in [6, 6.07) is 9.10. The second-order valence-electron chi connectivity index (χ2n) is 6.99. The quantitative estimate of drug-likeness (QED) is 0.550. The van der Waals surface area contributed by atoms with Gasteiger partial charge in [-0.15, -0.1) is 0 Å². The Kier molecular flexibility index (Phi) is 7.21. The Bertz CT molecular complexity index is 815. The van der Waals surface area contributed by atoms with Gasteiger partial charge in [-0.1, -0.05) is 0 Å². The molecule has 2 atom stereocenters. The van der Waals surface area contributed by atoms with E-state index in [9.17, 15) is 8.78 Å². The lowest BCUT2D eigenvalue weighted by Gasteiger charge is -2.20. The Morgan fingerprint density at radius 1 is 1.31 bits per heavy atom. The fraction of sp³-hybridized carbons (Fsp3) is 0.429. The van der Waals surface area contributed by atoms with Gasteiger partial charge >= 0.3 is 0 Å². The third-order valence-corrected chi connectivity index (χ3v) is 4.57. The first-order chi connectivity index (χ1) is 14.0. The smallest absolute Gasteiger partial charge is 0.191 e. The third-order valence-electron chi connectivity index (χ3n) is 4.57. The van der Waals surface area contributed by atoms with Crippen LogP contribution in [0.25, 0.3) is 0 Å². The molecule has 1 aliphatic heterocycles. The number of nitrogens with zero attached hydrogens (tertiary/aromatic N) is 3. The molecular formula is C21H27F2N5O. The van der Waals surface area contributed by atoms with Gasteiger partial charge in [0.15, 0.2) is 17.6 Å². The van der Waals surface area contributed by atoms with Gasteiger partial charge < -0.3 is 20.3 Å². The van der Waals surface area contributed by atoms with E-state index in [1.807, 2.05) is 18.7 Å². The van der Waals surface area contributed by atoms with E-state index < -0.39 is 0 Å². The number of hydrogen-bond donors (Lipinski definition) is 2. The minimum atomic E-state index is -0.305. The molecule has 6 nitrogen and oxygen atoms in total. The first-order valence-electron chi connectivity index (χ1n) is 9.87. The molecule has 0 aliphatic carbocycles. The summed E-state index contributed by atoms with van der Waals surface area (Å²) in [5, 5.41) is 6.63. The van der Waals surface area contributed by atoms with E-state index in [2.05, 4.69) is 20.6 Å². The van der Waals surface area contributed by atoms with Gasteiger partial charge in [0.2, 0.25) is 0 Å². The highest BCUT2D eigenvalue weighted by molar-refractivity contribution is 5.80. The van der Waals surface area contributed by atoms with Crippen molar-refractivity contribution in [2.75, 3.05) is 31.1 Å². The molecule has 1 aliphatic rings. The molecule has 1 fully saturated rings. The van der Waals surface area contributed by atoms with Crippen molar-refractivity contribution < 1.29 is 13.5 Å². The highest BCUT2D eigenvalue weighted by Crippen LogP contribution is 2.20. The van der Waals surface area contributed by atoms with Crippen LogP contribution in [0.4, 0.5) is 14.6 Å². The number of nitrogens with one attached hydrogen (secondary N) is 2. The molecule has 3 rings (SSSR count).